The van der Waals surface area contributed by atoms with Crippen molar-refractivity contribution in [1.29, 1.82) is 0 Å². The van der Waals surface area contributed by atoms with Gasteiger partial charge in [-0.1, -0.05) is 114 Å². The number of ether oxygens (including phenoxy) is 1. The summed E-state index contributed by atoms with van der Waals surface area (Å²) < 4.78 is 7.13. The van der Waals surface area contributed by atoms with Gasteiger partial charge in [0, 0.05) is 33.5 Å². The molecule has 0 atom stereocenters. The van der Waals surface area contributed by atoms with Crippen LogP contribution in [0.3, 0.4) is 0 Å². The van der Waals surface area contributed by atoms with Crippen LogP contribution in [0.2, 0.25) is 0 Å². The number of nitrogens with zero attached hydrogens (tertiary/aromatic N) is 2. The highest BCUT2D eigenvalue weighted by Crippen LogP contribution is 2.52. The maximum absolute atomic E-state index is 7.13. The molecule has 0 fully saturated rings. The molecule has 0 unspecified atom stereocenters. The van der Waals surface area contributed by atoms with Crippen LogP contribution in [-0.2, 0) is 10.8 Å². The van der Waals surface area contributed by atoms with E-state index in [1.54, 1.807) is 0 Å². The summed E-state index contributed by atoms with van der Waals surface area (Å²) in [5.41, 5.74) is 15.0. The van der Waals surface area contributed by atoms with Gasteiger partial charge in [-0.15, -0.1) is 0 Å². The third kappa shape index (κ3) is 4.32. The largest absolute Gasteiger partial charge is 0.458 e. The zero-order valence-electron chi connectivity index (χ0n) is 30.4. The number of anilines is 6. The zero-order valence-corrected chi connectivity index (χ0v) is 30.4. The number of hydrogen-bond acceptors (Lipinski definition) is 3. The highest BCUT2D eigenvalue weighted by molar-refractivity contribution is 7.02. The molecule has 248 valence electrons. The van der Waals surface area contributed by atoms with Crippen molar-refractivity contribution in [2.75, 3.05) is 9.80 Å². The summed E-state index contributed by atoms with van der Waals surface area (Å²) in [7, 11) is 0. The number of hydrogen-bond donors (Lipinski definition) is 0. The molecule has 51 heavy (non-hydrogen) atoms. The van der Waals surface area contributed by atoms with Crippen molar-refractivity contribution in [3.63, 3.8) is 0 Å². The Bertz CT molecular complexity index is 2410. The first-order valence-corrected chi connectivity index (χ1v) is 18.2. The van der Waals surface area contributed by atoms with Gasteiger partial charge in [0.05, 0.1) is 11.4 Å². The third-order valence-corrected chi connectivity index (χ3v) is 11.3. The molecule has 4 heteroatoms. The summed E-state index contributed by atoms with van der Waals surface area (Å²) in [5.74, 6) is 1.89. The van der Waals surface area contributed by atoms with Crippen molar-refractivity contribution < 1.29 is 4.74 Å². The van der Waals surface area contributed by atoms with Crippen molar-refractivity contribution in [1.82, 2.24) is 0 Å². The first kappa shape index (κ1) is 30.4. The summed E-state index contributed by atoms with van der Waals surface area (Å²) in [6.45, 7) is 16.0. The van der Waals surface area contributed by atoms with Crippen molar-refractivity contribution in [3.8, 4) is 11.5 Å². The van der Waals surface area contributed by atoms with Gasteiger partial charge in [0.15, 0.2) is 0 Å². The third-order valence-electron chi connectivity index (χ3n) is 11.3. The minimum Gasteiger partial charge on any atom is -0.458 e. The smallest absolute Gasteiger partial charge is 0.261 e. The Morgan fingerprint density at radius 1 is 0.490 bits per heavy atom. The fourth-order valence-electron chi connectivity index (χ4n) is 8.82. The molecule has 0 bridgehead atoms. The topological polar surface area (TPSA) is 15.7 Å². The van der Waals surface area contributed by atoms with Gasteiger partial charge in [-0.05, 0) is 110 Å². The first-order valence-electron chi connectivity index (χ1n) is 18.2. The molecule has 3 nitrogen and oxygen atoms in total. The monoisotopic (exact) mass is 660 g/mol. The molecule has 3 aliphatic heterocycles. The molecule has 0 aliphatic carbocycles. The van der Waals surface area contributed by atoms with Crippen LogP contribution in [-0.4, -0.2) is 6.71 Å². The molecular formula is C47H41BN2O. The van der Waals surface area contributed by atoms with E-state index in [1.807, 2.05) is 0 Å². The first-order chi connectivity index (χ1) is 24.5. The van der Waals surface area contributed by atoms with Gasteiger partial charge >= 0.3 is 0 Å². The van der Waals surface area contributed by atoms with E-state index >= 15 is 0 Å². The number of benzene rings is 7. The second-order valence-electron chi connectivity index (χ2n) is 16.7. The maximum Gasteiger partial charge on any atom is 0.261 e. The second kappa shape index (κ2) is 10.3. The standard InChI is InChI=1S/C47H41BN2O/c1-28-24-37-41-38(25-28)50(34-22-18-32(19-23-34)47(5,6)7)45-36-15-11-9-13-30(36)27-40-43(45)48(41)42-39(51-40)26-29-12-8-10-14-35(29)44(42)49(37)33-20-16-31(17-21-33)46(2,3)4/h8-27H,1-7H3. The minimum atomic E-state index is 0.0174. The number of fused-ring (bicyclic) bond motifs is 4. The van der Waals surface area contributed by atoms with Crippen LogP contribution in [0.4, 0.5) is 34.1 Å². The summed E-state index contributed by atoms with van der Waals surface area (Å²) in [6, 6.07) is 45.4. The Morgan fingerprint density at radius 2 is 0.902 bits per heavy atom. The molecule has 0 radical (unpaired) electrons. The molecule has 0 saturated carbocycles. The maximum atomic E-state index is 7.13. The molecule has 3 heterocycles. The van der Waals surface area contributed by atoms with Gasteiger partial charge < -0.3 is 14.5 Å². The minimum absolute atomic E-state index is 0.0174. The second-order valence-corrected chi connectivity index (χ2v) is 16.7. The van der Waals surface area contributed by atoms with E-state index in [9.17, 15) is 0 Å². The van der Waals surface area contributed by atoms with Gasteiger partial charge in [-0.2, -0.15) is 0 Å². The van der Waals surface area contributed by atoms with Gasteiger partial charge in [0.1, 0.15) is 11.5 Å². The van der Waals surface area contributed by atoms with Crippen LogP contribution in [0.25, 0.3) is 21.5 Å². The quantitative estimate of drug-likeness (QED) is 0.172. The average molecular weight is 661 g/mol. The average Bonchev–Trinajstić information content (AvgIpc) is 3.10. The molecule has 10 rings (SSSR count). The van der Waals surface area contributed by atoms with Crippen molar-refractivity contribution in [2.45, 2.75) is 59.3 Å². The number of rotatable bonds is 2. The summed E-state index contributed by atoms with van der Waals surface area (Å²) in [5, 5.41) is 4.83. The van der Waals surface area contributed by atoms with Crippen LogP contribution in [0, 0.1) is 6.92 Å². The highest BCUT2D eigenvalue weighted by atomic mass is 16.5. The van der Waals surface area contributed by atoms with Crippen molar-refractivity contribution >= 4 is 78.8 Å². The zero-order chi connectivity index (χ0) is 35.0. The number of aryl methyl sites for hydroxylation is 1. The molecule has 0 spiro atoms. The van der Waals surface area contributed by atoms with E-state index < -0.39 is 0 Å². The highest BCUT2D eigenvalue weighted by Gasteiger charge is 2.49. The summed E-state index contributed by atoms with van der Waals surface area (Å²) in [6.07, 6.45) is 0. The van der Waals surface area contributed by atoms with Gasteiger partial charge in [-0.3, -0.25) is 0 Å². The van der Waals surface area contributed by atoms with Crippen LogP contribution in [0.1, 0.15) is 58.2 Å². The molecule has 7 aromatic carbocycles. The molecule has 0 aromatic heterocycles. The summed E-state index contributed by atoms with van der Waals surface area (Å²) in [4.78, 5) is 5.05. The predicted molar refractivity (Wildman–Crippen MR) is 218 cm³/mol. The molecule has 7 aromatic rings. The lowest BCUT2D eigenvalue weighted by molar-refractivity contribution is 0.489. The van der Waals surface area contributed by atoms with Gasteiger partial charge in [0.2, 0.25) is 0 Å². The predicted octanol–water partition coefficient (Wildman–Crippen LogP) is 11.1. The van der Waals surface area contributed by atoms with Gasteiger partial charge in [0.25, 0.3) is 6.71 Å². The normalized spacial score (nSPS) is 14.2. The van der Waals surface area contributed by atoms with E-state index in [4.69, 9.17) is 4.74 Å². The molecule has 0 amide bonds. The summed E-state index contributed by atoms with van der Waals surface area (Å²) >= 11 is 0. The molecule has 3 aliphatic rings. The van der Waals surface area contributed by atoms with Gasteiger partial charge in [-0.25, -0.2) is 0 Å². The molecule has 0 saturated heterocycles. The Morgan fingerprint density at radius 3 is 1.31 bits per heavy atom. The van der Waals surface area contributed by atoms with E-state index in [-0.39, 0.29) is 17.5 Å². The lowest BCUT2D eigenvalue weighted by Gasteiger charge is -2.47. The van der Waals surface area contributed by atoms with E-state index in [0.29, 0.717) is 0 Å². The van der Waals surface area contributed by atoms with Crippen LogP contribution in [0.5, 0.6) is 11.5 Å². The lowest BCUT2D eigenvalue weighted by atomic mass is 9.32. The molecule has 0 N–H and O–H groups in total. The van der Waals surface area contributed by atoms with E-state index in [2.05, 4.69) is 180 Å². The fraction of sp³-hybridized carbons (Fsp3) is 0.191. The van der Waals surface area contributed by atoms with Crippen LogP contribution in [0.15, 0.2) is 121 Å². The van der Waals surface area contributed by atoms with E-state index in [0.717, 1.165) is 22.9 Å². The Balaban J connectivity index is 1.34. The van der Waals surface area contributed by atoms with Crippen molar-refractivity contribution in [2.24, 2.45) is 0 Å². The van der Waals surface area contributed by atoms with E-state index in [1.165, 1.54) is 77.4 Å². The Labute approximate surface area is 301 Å². The lowest BCUT2D eigenvalue weighted by Crippen LogP contribution is -2.63. The van der Waals surface area contributed by atoms with Crippen LogP contribution < -0.4 is 30.9 Å². The Kier molecular flexibility index (Phi) is 6.13. The molecular weight excluding hydrogens is 619 g/mol. The fourth-order valence-corrected chi connectivity index (χ4v) is 8.82. The van der Waals surface area contributed by atoms with Crippen molar-refractivity contribution in [3.05, 3.63) is 138 Å². The Hall–Kier alpha value is -5.48. The SMILES string of the molecule is Cc1cc2c3c(c1)N(c1ccc(C(C)(C)C)cc1)c1c4c(cc5ccccc15)Oc1cc5ccccc5c(c1B34)N2c1ccc(C(C)(C)C)cc1. The van der Waals surface area contributed by atoms with Crippen LogP contribution >= 0.6 is 0 Å².